The normalized spacial score (nSPS) is 11.2. The van der Waals surface area contributed by atoms with Gasteiger partial charge in [-0.05, 0) is 108 Å². The first-order chi connectivity index (χ1) is 27.5. The first kappa shape index (κ1) is 38.6. The zero-order chi connectivity index (χ0) is 38.4. The van der Waals surface area contributed by atoms with E-state index in [0.717, 1.165) is 101 Å². The molecule has 7 aromatic rings. The molecule has 0 spiro atoms. The van der Waals surface area contributed by atoms with E-state index in [0.29, 0.717) is 0 Å². The van der Waals surface area contributed by atoms with Gasteiger partial charge in [0.15, 0.2) is 0 Å². The second-order valence-electron chi connectivity index (χ2n) is 13.0. The predicted molar refractivity (Wildman–Crippen MR) is 227 cm³/mol. The molecule has 0 amide bonds. The Balaban J connectivity index is 0.000000494. The number of aromatic amines is 2. The van der Waals surface area contributed by atoms with Crippen molar-refractivity contribution in [1.29, 1.82) is 0 Å². The Labute approximate surface area is 345 Å². The minimum absolute atomic E-state index is 0. The number of ether oxygens (including phenoxy) is 4. The largest absolute Gasteiger partial charge is 0.522 e. The van der Waals surface area contributed by atoms with E-state index >= 15 is 0 Å². The molecular weight excluding hydrogens is 803 g/mol. The summed E-state index contributed by atoms with van der Waals surface area (Å²) >= 11 is 0. The van der Waals surface area contributed by atoms with Crippen molar-refractivity contribution in [3.8, 4) is 56.4 Å². The zero-order valence-corrected chi connectivity index (χ0v) is 33.3. The van der Waals surface area contributed by atoms with Crippen LogP contribution in [0.2, 0.25) is 0 Å². The Morgan fingerprint density at radius 1 is 0.421 bits per heavy atom. The molecule has 0 unspecified atom stereocenters. The van der Waals surface area contributed by atoms with Crippen molar-refractivity contribution in [2.24, 2.45) is 0 Å². The van der Waals surface area contributed by atoms with Crippen molar-refractivity contribution < 1.29 is 39.4 Å². The molecule has 286 valence electrons. The van der Waals surface area contributed by atoms with Gasteiger partial charge < -0.3 is 28.9 Å². The number of hydrogen-bond acceptors (Lipinski definition) is 6. The molecule has 4 aromatic carbocycles. The van der Waals surface area contributed by atoms with Crippen molar-refractivity contribution in [1.82, 2.24) is 19.9 Å². The van der Waals surface area contributed by atoms with E-state index in [1.807, 2.05) is 60.7 Å². The van der Waals surface area contributed by atoms with Crippen LogP contribution in [0.4, 0.5) is 0 Å². The van der Waals surface area contributed by atoms with Crippen LogP contribution in [0.3, 0.4) is 0 Å². The monoisotopic (exact) mass is 841 g/mol. The fourth-order valence-electron chi connectivity index (χ4n) is 6.83. The minimum Gasteiger partial charge on any atom is -0.522 e. The zero-order valence-electron chi connectivity index (χ0n) is 31.8. The van der Waals surface area contributed by atoms with E-state index < -0.39 is 0 Å². The van der Waals surface area contributed by atoms with Crippen molar-refractivity contribution in [3.05, 3.63) is 156 Å². The molecule has 0 radical (unpaired) electrons. The fourth-order valence-corrected chi connectivity index (χ4v) is 6.83. The van der Waals surface area contributed by atoms with Crippen LogP contribution in [0.1, 0.15) is 22.8 Å². The second kappa shape index (κ2) is 17.4. The molecular formula is C48H39N4O4Pd-. The third-order valence-electron chi connectivity index (χ3n) is 9.64. The molecule has 0 atom stereocenters. The average molecular weight is 842 g/mol. The maximum Gasteiger partial charge on any atom is 0.118 e. The number of hydrogen-bond donors (Lipinski definition) is 2. The summed E-state index contributed by atoms with van der Waals surface area (Å²) < 4.78 is 21.3. The Morgan fingerprint density at radius 2 is 0.807 bits per heavy atom. The van der Waals surface area contributed by atoms with Crippen molar-refractivity contribution in [3.63, 3.8) is 0 Å². The molecule has 9 rings (SSSR count). The molecule has 2 aliphatic heterocycles. The maximum absolute atomic E-state index is 5.49. The summed E-state index contributed by atoms with van der Waals surface area (Å²) in [5.41, 5.74) is 13.2. The molecule has 5 heterocycles. The van der Waals surface area contributed by atoms with Gasteiger partial charge >= 0.3 is 0 Å². The van der Waals surface area contributed by atoms with Crippen LogP contribution in [0.5, 0.6) is 23.0 Å². The SMILES string of the molecule is COc1cc[c-]cc1.COc1ccc(-c2c3nc(c(-c4ccc(OC)cc4)c4ccc([nH]4)c(-c4ccc(OC)cc4)c4nc(cc5ccc2[nH]5)C=C4)C=C3)cc1.[Pd]. The van der Waals surface area contributed by atoms with Crippen LogP contribution in [-0.4, -0.2) is 48.4 Å². The van der Waals surface area contributed by atoms with Crippen LogP contribution in [0.25, 0.3) is 79.8 Å². The van der Waals surface area contributed by atoms with Crippen molar-refractivity contribution in [2.75, 3.05) is 28.4 Å². The van der Waals surface area contributed by atoms with Gasteiger partial charge in [-0.1, -0.05) is 36.4 Å². The Bertz CT molecular complexity index is 2670. The quantitative estimate of drug-likeness (QED) is 0.123. The summed E-state index contributed by atoms with van der Waals surface area (Å²) in [7, 11) is 6.68. The molecule has 0 saturated heterocycles. The topological polar surface area (TPSA) is 94.3 Å². The molecule has 3 aromatic heterocycles. The maximum atomic E-state index is 5.49. The number of nitrogens with zero attached hydrogens (tertiary/aromatic N) is 2. The number of nitrogens with one attached hydrogen (secondary N) is 2. The van der Waals surface area contributed by atoms with E-state index in [9.17, 15) is 0 Å². The average Bonchev–Trinajstić information content (AvgIpc) is 4.10. The smallest absolute Gasteiger partial charge is 0.118 e. The molecule has 57 heavy (non-hydrogen) atoms. The first-order valence-electron chi connectivity index (χ1n) is 18.1. The summed E-state index contributed by atoms with van der Waals surface area (Å²) in [6.45, 7) is 0. The van der Waals surface area contributed by atoms with Gasteiger partial charge in [0.25, 0.3) is 0 Å². The first-order valence-corrected chi connectivity index (χ1v) is 18.1. The van der Waals surface area contributed by atoms with Crippen LogP contribution in [-0.2, 0) is 20.4 Å². The predicted octanol–water partition coefficient (Wildman–Crippen LogP) is 11.2. The molecule has 0 saturated carbocycles. The van der Waals surface area contributed by atoms with Crippen molar-refractivity contribution >= 4 is 46.4 Å². The standard InChI is InChI=1S/C41H32N4O3.C7H7O.Pd/c1-46-30-12-4-25(5-13-30)39-33-18-10-28(42-33)24-29-11-19-34(43-29)40(26-6-14-31(47-2)15-7-26)36-21-23-38(45-36)41(37-22-20-35(39)44-37)27-8-16-32(48-3)17-9-27;1-8-7-5-3-2-4-6-7;/h4-24,42,45H,1-3H3;3-6H,1H3;/q;-1;. The number of methoxy groups -OCH3 is 4. The fraction of sp³-hybridized carbons (Fsp3) is 0.0833. The van der Waals surface area contributed by atoms with Gasteiger partial charge in [0, 0.05) is 64.9 Å². The molecule has 9 heteroatoms. The van der Waals surface area contributed by atoms with Gasteiger partial charge in [0.2, 0.25) is 0 Å². The van der Waals surface area contributed by atoms with Crippen LogP contribution in [0, 0.1) is 6.07 Å². The summed E-state index contributed by atoms with van der Waals surface area (Å²) in [6, 6.07) is 45.0. The van der Waals surface area contributed by atoms with Crippen LogP contribution in [0.15, 0.2) is 127 Å². The minimum atomic E-state index is 0. The number of H-pyrrole nitrogens is 2. The molecule has 2 N–H and O–H groups in total. The van der Waals surface area contributed by atoms with Gasteiger partial charge in [-0.2, -0.15) is 18.2 Å². The second-order valence-corrected chi connectivity index (χ2v) is 13.0. The Kier molecular flexibility index (Phi) is 11.8. The van der Waals surface area contributed by atoms with Gasteiger partial charge in [-0.15, -0.1) is 12.1 Å². The summed E-state index contributed by atoms with van der Waals surface area (Å²) in [4.78, 5) is 17.8. The van der Waals surface area contributed by atoms with E-state index in [1.165, 1.54) is 0 Å². The van der Waals surface area contributed by atoms with E-state index in [4.69, 9.17) is 28.9 Å². The van der Waals surface area contributed by atoms with E-state index in [2.05, 4.69) is 107 Å². The third-order valence-corrected chi connectivity index (χ3v) is 9.64. The van der Waals surface area contributed by atoms with Crippen LogP contribution >= 0.6 is 0 Å². The number of benzene rings is 4. The molecule has 2 aliphatic rings. The summed E-state index contributed by atoms with van der Waals surface area (Å²) in [5.74, 6) is 3.26. The summed E-state index contributed by atoms with van der Waals surface area (Å²) in [5, 5.41) is 0. The molecule has 0 aliphatic carbocycles. The van der Waals surface area contributed by atoms with Crippen LogP contribution < -0.4 is 18.9 Å². The Hall–Kier alpha value is -6.66. The van der Waals surface area contributed by atoms with E-state index in [-0.39, 0.29) is 20.4 Å². The molecule has 0 fully saturated rings. The van der Waals surface area contributed by atoms with Crippen molar-refractivity contribution in [2.45, 2.75) is 0 Å². The van der Waals surface area contributed by atoms with Gasteiger partial charge in [0.1, 0.15) is 17.2 Å². The number of fused-ring (bicyclic) bond motifs is 8. The van der Waals surface area contributed by atoms with Gasteiger partial charge in [-0.3, -0.25) is 0 Å². The van der Waals surface area contributed by atoms with E-state index in [1.54, 1.807) is 28.4 Å². The molecule has 8 bridgehead atoms. The third kappa shape index (κ3) is 8.31. The summed E-state index contributed by atoms with van der Waals surface area (Å²) in [6.07, 6.45) is 8.30. The van der Waals surface area contributed by atoms with Gasteiger partial charge in [-0.25, -0.2) is 9.97 Å². The molecule has 8 nitrogen and oxygen atoms in total. The number of aromatic nitrogens is 4. The Morgan fingerprint density at radius 3 is 1.25 bits per heavy atom. The number of rotatable bonds is 7. The van der Waals surface area contributed by atoms with Gasteiger partial charge in [0.05, 0.1) is 51.2 Å².